The molecule has 2 rings (SSSR count). The van der Waals surface area contributed by atoms with E-state index in [1.807, 2.05) is 0 Å². The van der Waals surface area contributed by atoms with Crippen LogP contribution < -0.4 is 0 Å². The van der Waals surface area contributed by atoms with E-state index in [0.717, 1.165) is 0 Å². The number of H-pyrrole nitrogens is 1. The molecule has 0 aliphatic heterocycles. The average Bonchev–Trinajstić information content (AvgIpc) is 2.78. The van der Waals surface area contributed by atoms with Crippen LogP contribution in [0.4, 0.5) is 0 Å². The zero-order valence-electron chi connectivity index (χ0n) is 8.40. The van der Waals surface area contributed by atoms with Gasteiger partial charge in [-0.15, -0.1) is 0 Å². The molecule has 0 spiro atoms. The highest BCUT2D eigenvalue weighted by atomic mass is 35.5. The van der Waals surface area contributed by atoms with E-state index in [4.69, 9.17) is 11.6 Å². The number of hydrogen-bond donors (Lipinski definition) is 1. The minimum absolute atomic E-state index is 0.286. The van der Waals surface area contributed by atoms with Gasteiger partial charge in [0, 0.05) is 6.20 Å². The summed E-state index contributed by atoms with van der Waals surface area (Å²) in [5.41, 5.74) is 0.897. The first-order valence-corrected chi connectivity index (χ1v) is 4.84. The molecule has 0 fully saturated rings. The van der Waals surface area contributed by atoms with E-state index in [2.05, 4.69) is 19.7 Å². The Bertz CT molecular complexity index is 507. The Kier molecular flexibility index (Phi) is 2.87. The van der Waals surface area contributed by atoms with E-state index in [1.165, 1.54) is 19.5 Å². The predicted octanol–water partition coefficient (Wildman–Crippen LogP) is 1.91. The van der Waals surface area contributed by atoms with E-state index in [-0.39, 0.29) is 5.69 Å². The number of imidazole rings is 1. The van der Waals surface area contributed by atoms with Gasteiger partial charge in [0.05, 0.1) is 18.3 Å². The normalized spacial score (nSPS) is 10.1. The molecule has 1 N–H and O–H groups in total. The van der Waals surface area contributed by atoms with Gasteiger partial charge in [0.1, 0.15) is 11.4 Å². The van der Waals surface area contributed by atoms with E-state index >= 15 is 0 Å². The van der Waals surface area contributed by atoms with Crippen LogP contribution in [-0.2, 0) is 4.74 Å². The van der Waals surface area contributed by atoms with Crippen LogP contribution in [-0.4, -0.2) is 28.0 Å². The summed E-state index contributed by atoms with van der Waals surface area (Å²) in [6.07, 6.45) is 2.91. The highest BCUT2D eigenvalue weighted by molar-refractivity contribution is 6.30. The number of esters is 1. The minimum Gasteiger partial charge on any atom is -0.464 e. The minimum atomic E-state index is -0.465. The standard InChI is InChI=1S/C10H8ClN3O2/c1-16-10(15)8-5-13-9(14-8)7-3-2-6(11)4-12-7/h2-5H,1H3,(H,13,14). The Morgan fingerprint density at radius 3 is 2.81 bits per heavy atom. The van der Waals surface area contributed by atoms with Gasteiger partial charge in [0.25, 0.3) is 0 Å². The molecular formula is C10H8ClN3O2. The maximum Gasteiger partial charge on any atom is 0.356 e. The molecule has 0 bridgehead atoms. The Morgan fingerprint density at radius 1 is 1.38 bits per heavy atom. The molecule has 0 saturated heterocycles. The summed E-state index contributed by atoms with van der Waals surface area (Å²) in [5, 5.41) is 0.545. The van der Waals surface area contributed by atoms with Crippen LogP contribution in [0.15, 0.2) is 24.5 Å². The lowest BCUT2D eigenvalue weighted by Gasteiger charge is -1.96. The molecule has 2 aromatic heterocycles. The molecule has 0 saturated carbocycles. The monoisotopic (exact) mass is 237 g/mol. The van der Waals surface area contributed by atoms with Gasteiger partial charge in [-0.3, -0.25) is 4.98 Å². The van der Waals surface area contributed by atoms with Crippen molar-refractivity contribution < 1.29 is 9.53 Å². The van der Waals surface area contributed by atoms with Crippen molar-refractivity contribution in [1.29, 1.82) is 0 Å². The van der Waals surface area contributed by atoms with Gasteiger partial charge >= 0.3 is 5.97 Å². The van der Waals surface area contributed by atoms with Crippen molar-refractivity contribution >= 4 is 17.6 Å². The third kappa shape index (κ3) is 2.04. The van der Waals surface area contributed by atoms with Gasteiger partial charge in [-0.1, -0.05) is 11.6 Å². The summed E-state index contributed by atoms with van der Waals surface area (Å²) in [5.74, 6) is 0.0322. The third-order valence-corrected chi connectivity index (χ3v) is 2.17. The molecule has 2 heterocycles. The van der Waals surface area contributed by atoms with Crippen LogP contribution in [0.3, 0.4) is 0 Å². The Morgan fingerprint density at radius 2 is 2.19 bits per heavy atom. The zero-order valence-corrected chi connectivity index (χ0v) is 9.15. The number of pyridine rings is 1. The second-order valence-electron chi connectivity index (χ2n) is 3.00. The number of aromatic amines is 1. The molecule has 82 valence electrons. The predicted molar refractivity (Wildman–Crippen MR) is 58.2 cm³/mol. The van der Waals surface area contributed by atoms with Gasteiger partial charge < -0.3 is 9.72 Å². The van der Waals surface area contributed by atoms with Crippen LogP contribution in [0.1, 0.15) is 10.5 Å². The van der Waals surface area contributed by atoms with Crippen molar-refractivity contribution in [3.8, 4) is 11.5 Å². The number of rotatable bonds is 2. The van der Waals surface area contributed by atoms with Crippen molar-refractivity contribution in [3.63, 3.8) is 0 Å². The largest absolute Gasteiger partial charge is 0.464 e. The molecule has 0 aromatic carbocycles. The first-order chi connectivity index (χ1) is 7.70. The van der Waals surface area contributed by atoms with Crippen molar-refractivity contribution in [2.24, 2.45) is 0 Å². The molecule has 0 radical (unpaired) electrons. The number of ether oxygens (including phenoxy) is 1. The fourth-order valence-corrected chi connectivity index (χ4v) is 1.29. The smallest absolute Gasteiger partial charge is 0.356 e. The fourth-order valence-electron chi connectivity index (χ4n) is 1.18. The Hall–Kier alpha value is -1.88. The van der Waals surface area contributed by atoms with E-state index < -0.39 is 5.97 Å². The van der Waals surface area contributed by atoms with Crippen LogP contribution in [0.2, 0.25) is 5.02 Å². The molecule has 0 unspecified atom stereocenters. The summed E-state index contributed by atoms with van der Waals surface area (Å²) in [4.78, 5) is 22.1. The highest BCUT2D eigenvalue weighted by Gasteiger charge is 2.10. The van der Waals surface area contributed by atoms with Crippen LogP contribution in [0, 0.1) is 0 Å². The fraction of sp³-hybridized carbons (Fsp3) is 0.100. The van der Waals surface area contributed by atoms with Crippen molar-refractivity contribution in [3.05, 3.63) is 35.2 Å². The molecule has 5 nitrogen and oxygen atoms in total. The first kappa shape index (κ1) is 10.6. The number of halogens is 1. The van der Waals surface area contributed by atoms with Gasteiger partial charge in [0.15, 0.2) is 5.82 Å². The van der Waals surface area contributed by atoms with Crippen molar-refractivity contribution in [2.75, 3.05) is 7.11 Å². The molecule has 16 heavy (non-hydrogen) atoms. The lowest BCUT2D eigenvalue weighted by molar-refractivity contribution is 0.0595. The summed E-state index contributed by atoms with van der Waals surface area (Å²) >= 11 is 5.71. The number of carbonyl (C=O) groups is 1. The second-order valence-corrected chi connectivity index (χ2v) is 3.44. The van der Waals surface area contributed by atoms with Gasteiger partial charge in [-0.2, -0.15) is 0 Å². The summed E-state index contributed by atoms with van der Waals surface area (Å²) in [6.45, 7) is 0. The number of nitrogens with zero attached hydrogens (tertiary/aromatic N) is 2. The van der Waals surface area contributed by atoms with Gasteiger partial charge in [-0.05, 0) is 12.1 Å². The lowest BCUT2D eigenvalue weighted by Crippen LogP contribution is -2.01. The summed E-state index contributed by atoms with van der Waals surface area (Å²) in [6, 6.07) is 3.41. The Balaban J connectivity index is 2.31. The van der Waals surface area contributed by atoms with Crippen LogP contribution >= 0.6 is 11.6 Å². The third-order valence-electron chi connectivity index (χ3n) is 1.95. The number of carbonyl (C=O) groups excluding carboxylic acids is 1. The van der Waals surface area contributed by atoms with Crippen LogP contribution in [0.5, 0.6) is 0 Å². The number of hydrogen-bond acceptors (Lipinski definition) is 4. The maximum absolute atomic E-state index is 11.2. The molecule has 6 heteroatoms. The average molecular weight is 238 g/mol. The highest BCUT2D eigenvalue weighted by Crippen LogP contribution is 2.15. The molecular weight excluding hydrogens is 230 g/mol. The summed E-state index contributed by atoms with van der Waals surface area (Å²) in [7, 11) is 1.31. The number of aromatic nitrogens is 3. The number of nitrogens with one attached hydrogen (secondary N) is 1. The zero-order chi connectivity index (χ0) is 11.5. The van der Waals surface area contributed by atoms with Gasteiger partial charge in [-0.25, -0.2) is 9.78 Å². The van der Waals surface area contributed by atoms with Crippen LogP contribution in [0.25, 0.3) is 11.5 Å². The van der Waals surface area contributed by atoms with E-state index in [1.54, 1.807) is 12.1 Å². The van der Waals surface area contributed by atoms with E-state index in [0.29, 0.717) is 16.5 Å². The molecule has 0 aliphatic rings. The van der Waals surface area contributed by atoms with Crippen molar-refractivity contribution in [1.82, 2.24) is 15.0 Å². The second kappa shape index (κ2) is 4.32. The van der Waals surface area contributed by atoms with E-state index in [9.17, 15) is 4.79 Å². The lowest BCUT2D eigenvalue weighted by atomic mass is 10.3. The topological polar surface area (TPSA) is 67.9 Å². The maximum atomic E-state index is 11.2. The molecule has 0 aliphatic carbocycles. The SMILES string of the molecule is COC(=O)c1cnc(-c2ccc(Cl)cn2)[nH]1. The van der Waals surface area contributed by atoms with Gasteiger partial charge in [0.2, 0.25) is 0 Å². The Labute approximate surface area is 96.4 Å². The first-order valence-electron chi connectivity index (χ1n) is 4.46. The summed E-state index contributed by atoms with van der Waals surface area (Å²) < 4.78 is 4.55. The van der Waals surface area contributed by atoms with Crippen molar-refractivity contribution in [2.45, 2.75) is 0 Å². The molecule has 2 aromatic rings. The number of methoxy groups -OCH3 is 1. The molecule has 0 amide bonds. The molecule has 0 atom stereocenters. The quantitative estimate of drug-likeness (QED) is 0.811.